The molecule has 0 amide bonds. The van der Waals surface area contributed by atoms with E-state index >= 15 is 0 Å². The van der Waals surface area contributed by atoms with Crippen LogP contribution in [-0.4, -0.2) is 41.9 Å². The Balaban J connectivity index is 1.93. The van der Waals surface area contributed by atoms with Gasteiger partial charge in [0.15, 0.2) is 17.3 Å². The average Bonchev–Trinajstić information content (AvgIpc) is 3.22. The molecule has 0 radical (unpaired) electrons. The minimum Gasteiger partial charge on any atom is -0.493 e. The van der Waals surface area contributed by atoms with Gasteiger partial charge in [-0.15, -0.1) is 0 Å². The molecule has 0 saturated carbocycles. The summed E-state index contributed by atoms with van der Waals surface area (Å²) in [5.41, 5.74) is 0.749. The van der Waals surface area contributed by atoms with Crippen LogP contribution in [0.1, 0.15) is 30.3 Å². The molecule has 1 fully saturated rings. The molecule has 1 aromatic heterocycles. The van der Waals surface area contributed by atoms with Gasteiger partial charge in [-0.3, -0.25) is 5.10 Å². The molecule has 1 aliphatic heterocycles. The first-order valence-electron chi connectivity index (χ1n) is 7.39. The molecule has 2 heterocycles. The van der Waals surface area contributed by atoms with E-state index in [9.17, 15) is 0 Å². The van der Waals surface area contributed by atoms with Crippen molar-refractivity contribution >= 4 is 30.0 Å². The van der Waals surface area contributed by atoms with E-state index in [4.69, 9.17) is 38.0 Å². The van der Waals surface area contributed by atoms with E-state index in [0.29, 0.717) is 27.1 Å². The molecule has 9 heteroatoms. The zero-order valence-corrected chi connectivity index (χ0v) is 14.9. The molecule has 1 aromatic carbocycles. The molecule has 24 heavy (non-hydrogen) atoms. The van der Waals surface area contributed by atoms with Crippen LogP contribution < -0.4 is 9.47 Å². The Kier molecular flexibility index (Phi) is 5.17. The summed E-state index contributed by atoms with van der Waals surface area (Å²) >= 11 is 11.5. The van der Waals surface area contributed by atoms with Crippen molar-refractivity contribution in [2.24, 2.45) is 5.10 Å². The van der Waals surface area contributed by atoms with Gasteiger partial charge in [0.05, 0.1) is 25.5 Å². The summed E-state index contributed by atoms with van der Waals surface area (Å²) < 4.78 is 18.1. The number of methoxy groups -OCH3 is 2. The summed E-state index contributed by atoms with van der Waals surface area (Å²) in [6, 6.07) is 3.52. The predicted octanol–water partition coefficient (Wildman–Crippen LogP) is 3.34. The second kappa shape index (κ2) is 7.33. The average molecular weight is 369 g/mol. The summed E-state index contributed by atoms with van der Waals surface area (Å²) in [6.07, 6.45) is 3.44. The van der Waals surface area contributed by atoms with Gasteiger partial charge in [0.25, 0.3) is 0 Å². The molecular weight excluding hydrogens is 352 g/mol. The summed E-state index contributed by atoms with van der Waals surface area (Å²) in [4.78, 5) is 0. The fraction of sp³-hybridized carbons (Fsp3) is 0.400. The smallest absolute Gasteiger partial charge is 0.216 e. The Morgan fingerprint density at radius 1 is 1.46 bits per heavy atom. The number of hydrogen-bond acceptors (Lipinski definition) is 6. The molecule has 3 rings (SSSR count). The van der Waals surface area contributed by atoms with Crippen LogP contribution in [-0.2, 0) is 4.74 Å². The number of hydrogen-bond donors (Lipinski definition) is 1. The molecule has 7 nitrogen and oxygen atoms in total. The highest BCUT2D eigenvalue weighted by Gasteiger charge is 2.23. The fourth-order valence-corrected chi connectivity index (χ4v) is 3.02. The number of aromatic nitrogens is 3. The fourth-order valence-electron chi connectivity index (χ4n) is 2.54. The first-order valence-corrected chi connectivity index (χ1v) is 8.17. The summed E-state index contributed by atoms with van der Waals surface area (Å²) in [5, 5.41) is 11.8. The molecule has 1 atom stereocenters. The van der Waals surface area contributed by atoms with Crippen molar-refractivity contribution in [1.29, 1.82) is 0 Å². The molecule has 1 N–H and O–H groups in total. The van der Waals surface area contributed by atoms with E-state index in [-0.39, 0.29) is 6.10 Å². The van der Waals surface area contributed by atoms with Crippen molar-refractivity contribution in [3.63, 3.8) is 0 Å². The van der Waals surface area contributed by atoms with Crippen molar-refractivity contribution < 1.29 is 14.2 Å². The largest absolute Gasteiger partial charge is 0.493 e. The molecule has 0 bridgehead atoms. The SMILES string of the molecule is COc1cc(/C=N\n2c([C@@H]3CCCO3)n[nH]c2=S)cc(Cl)c1OC. The lowest BCUT2D eigenvalue weighted by atomic mass is 10.2. The predicted molar refractivity (Wildman–Crippen MR) is 92.9 cm³/mol. The van der Waals surface area contributed by atoms with Crippen LogP contribution in [0.2, 0.25) is 5.02 Å². The second-order valence-corrected chi connectivity index (χ2v) is 5.98. The Morgan fingerprint density at radius 2 is 2.29 bits per heavy atom. The second-order valence-electron chi connectivity index (χ2n) is 5.18. The van der Waals surface area contributed by atoms with Gasteiger partial charge < -0.3 is 14.2 Å². The third kappa shape index (κ3) is 3.31. The van der Waals surface area contributed by atoms with Gasteiger partial charge in [-0.1, -0.05) is 11.6 Å². The number of ether oxygens (including phenoxy) is 3. The molecule has 1 saturated heterocycles. The maximum Gasteiger partial charge on any atom is 0.216 e. The zero-order valence-electron chi connectivity index (χ0n) is 13.3. The number of aromatic amines is 1. The van der Waals surface area contributed by atoms with Crippen LogP contribution in [0.25, 0.3) is 0 Å². The first kappa shape index (κ1) is 16.9. The highest BCUT2D eigenvalue weighted by molar-refractivity contribution is 7.71. The van der Waals surface area contributed by atoms with Gasteiger partial charge in [-0.2, -0.15) is 14.9 Å². The lowest BCUT2D eigenvalue weighted by Crippen LogP contribution is -2.05. The van der Waals surface area contributed by atoms with E-state index < -0.39 is 0 Å². The van der Waals surface area contributed by atoms with Crippen LogP contribution in [0.4, 0.5) is 0 Å². The third-order valence-corrected chi connectivity index (χ3v) is 4.22. The van der Waals surface area contributed by atoms with E-state index in [2.05, 4.69) is 15.3 Å². The number of nitrogens with one attached hydrogen (secondary N) is 1. The van der Waals surface area contributed by atoms with Gasteiger partial charge in [-0.05, 0) is 42.8 Å². The number of nitrogens with zero attached hydrogens (tertiary/aromatic N) is 3. The minimum absolute atomic E-state index is 0.0934. The van der Waals surface area contributed by atoms with Crippen molar-refractivity contribution in [3.8, 4) is 11.5 Å². The molecule has 0 spiro atoms. The van der Waals surface area contributed by atoms with Crippen molar-refractivity contribution in [3.05, 3.63) is 33.3 Å². The van der Waals surface area contributed by atoms with Crippen molar-refractivity contribution in [2.45, 2.75) is 18.9 Å². The molecule has 2 aromatic rings. The van der Waals surface area contributed by atoms with Crippen LogP contribution in [0.5, 0.6) is 11.5 Å². The highest BCUT2D eigenvalue weighted by atomic mass is 35.5. The first-order chi connectivity index (χ1) is 11.6. The lowest BCUT2D eigenvalue weighted by molar-refractivity contribution is 0.102. The van der Waals surface area contributed by atoms with E-state index in [1.807, 2.05) is 0 Å². The Hall–Kier alpha value is -1.90. The number of halogens is 1. The number of benzene rings is 1. The van der Waals surface area contributed by atoms with Crippen LogP contribution in [0.15, 0.2) is 17.2 Å². The summed E-state index contributed by atoms with van der Waals surface area (Å²) in [7, 11) is 3.09. The topological polar surface area (TPSA) is 73.7 Å². The normalized spacial score (nSPS) is 17.5. The van der Waals surface area contributed by atoms with Crippen molar-refractivity contribution in [2.75, 3.05) is 20.8 Å². The standard InChI is InChI=1S/C15H17ClN4O3S/c1-21-12-7-9(6-10(16)13(12)22-2)8-17-20-14(18-19-15(20)24)11-4-3-5-23-11/h6-8,11H,3-5H2,1-2H3,(H,19,24)/b17-8-/t11-/m0/s1. The number of rotatable bonds is 5. The Morgan fingerprint density at radius 3 is 2.96 bits per heavy atom. The molecule has 0 aliphatic carbocycles. The zero-order chi connectivity index (χ0) is 17.1. The molecule has 128 valence electrons. The monoisotopic (exact) mass is 368 g/mol. The van der Waals surface area contributed by atoms with Gasteiger partial charge in [0, 0.05) is 6.61 Å². The maximum absolute atomic E-state index is 6.21. The molecular formula is C15H17ClN4O3S. The van der Waals surface area contributed by atoms with E-state index in [1.165, 1.54) is 7.11 Å². The van der Waals surface area contributed by atoms with Crippen LogP contribution >= 0.6 is 23.8 Å². The maximum atomic E-state index is 6.21. The van der Waals surface area contributed by atoms with Crippen molar-refractivity contribution in [1.82, 2.24) is 14.9 Å². The van der Waals surface area contributed by atoms with Gasteiger partial charge >= 0.3 is 0 Å². The molecule has 1 aliphatic rings. The Bertz CT molecular complexity index is 812. The molecule has 0 unspecified atom stereocenters. The minimum atomic E-state index is -0.0934. The lowest BCUT2D eigenvalue weighted by Gasteiger charge is -2.10. The van der Waals surface area contributed by atoms with Gasteiger partial charge in [0.1, 0.15) is 6.10 Å². The summed E-state index contributed by atoms with van der Waals surface area (Å²) in [6.45, 7) is 0.722. The van der Waals surface area contributed by atoms with E-state index in [0.717, 1.165) is 25.0 Å². The van der Waals surface area contributed by atoms with Crippen LogP contribution in [0, 0.1) is 4.77 Å². The number of H-pyrrole nitrogens is 1. The van der Waals surface area contributed by atoms with Gasteiger partial charge in [0.2, 0.25) is 4.77 Å². The third-order valence-electron chi connectivity index (χ3n) is 3.67. The van der Waals surface area contributed by atoms with Crippen LogP contribution in [0.3, 0.4) is 0 Å². The van der Waals surface area contributed by atoms with Gasteiger partial charge in [-0.25, -0.2) is 0 Å². The Labute approximate surface area is 149 Å². The van der Waals surface area contributed by atoms with E-state index in [1.54, 1.807) is 30.1 Å². The highest BCUT2D eigenvalue weighted by Crippen LogP contribution is 2.35. The summed E-state index contributed by atoms with van der Waals surface area (Å²) in [5.74, 6) is 1.68. The quantitative estimate of drug-likeness (QED) is 0.647.